The van der Waals surface area contributed by atoms with Gasteiger partial charge in [-0.25, -0.2) is 4.79 Å². The summed E-state index contributed by atoms with van der Waals surface area (Å²) in [6, 6.07) is 0. The first-order chi connectivity index (χ1) is 13.3. The molecule has 11 heteroatoms. The van der Waals surface area contributed by atoms with Crippen molar-refractivity contribution in [1.82, 2.24) is 0 Å². The van der Waals surface area contributed by atoms with Crippen LogP contribution in [-0.2, 0) is 23.7 Å². The lowest BCUT2D eigenvalue weighted by atomic mass is 9.79. The van der Waals surface area contributed by atoms with Crippen molar-refractivity contribution in [3.05, 3.63) is 24.0 Å². The summed E-state index contributed by atoms with van der Waals surface area (Å²) in [7, 11) is 1.19. The van der Waals surface area contributed by atoms with E-state index in [1.54, 1.807) is 0 Å². The molecule has 6 N–H and O–H groups in total. The molecule has 3 aliphatic rings. The van der Waals surface area contributed by atoms with Gasteiger partial charge in [0, 0.05) is 5.92 Å². The maximum atomic E-state index is 12.0. The highest BCUT2D eigenvalue weighted by molar-refractivity contribution is 5.89. The Labute approximate surface area is 160 Å². The van der Waals surface area contributed by atoms with Crippen LogP contribution in [-0.4, -0.2) is 99.5 Å². The smallest absolute Gasteiger partial charge is 0.337 e. The van der Waals surface area contributed by atoms with Gasteiger partial charge in [-0.15, -0.1) is 0 Å². The number of methoxy groups -OCH3 is 1. The third-order valence-electron chi connectivity index (χ3n) is 5.33. The number of aliphatic hydroxyl groups excluding tert-OH is 5. The van der Waals surface area contributed by atoms with E-state index < -0.39 is 73.6 Å². The molecule has 158 valence electrons. The number of hydrogen-bond donors (Lipinski definition) is 6. The highest BCUT2D eigenvalue weighted by Crippen LogP contribution is 2.45. The summed E-state index contributed by atoms with van der Waals surface area (Å²) in [6.07, 6.45) is -4.99. The van der Waals surface area contributed by atoms with Crippen LogP contribution in [0.5, 0.6) is 0 Å². The van der Waals surface area contributed by atoms with Gasteiger partial charge < -0.3 is 49.6 Å². The van der Waals surface area contributed by atoms with Crippen LogP contribution >= 0.6 is 0 Å². The minimum Gasteiger partial charge on any atom is -0.471 e. The van der Waals surface area contributed by atoms with E-state index in [1.807, 2.05) is 0 Å². The molecular formula is C17H24O11. The van der Waals surface area contributed by atoms with Crippen LogP contribution in [0.1, 0.15) is 0 Å². The molecule has 1 unspecified atom stereocenters. The van der Waals surface area contributed by atoms with Gasteiger partial charge in [0.05, 0.1) is 38.1 Å². The highest BCUT2D eigenvalue weighted by Gasteiger charge is 2.55. The van der Waals surface area contributed by atoms with E-state index in [1.165, 1.54) is 19.3 Å². The number of carbonyl (C=O) groups is 1. The highest BCUT2D eigenvalue weighted by atomic mass is 16.8. The Kier molecular flexibility index (Phi) is 6.08. The second-order valence-corrected chi connectivity index (χ2v) is 6.96. The number of hydrogen-bond acceptors (Lipinski definition) is 11. The van der Waals surface area contributed by atoms with Gasteiger partial charge in [-0.1, -0.05) is 12.2 Å². The second-order valence-electron chi connectivity index (χ2n) is 6.96. The van der Waals surface area contributed by atoms with Crippen molar-refractivity contribution in [2.75, 3.05) is 20.3 Å². The first kappa shape index (κ1) is 21.1. The molecule has 0 aromatic heterocycles. The van der Waals surface area contributed by atoms with Gasteiger partial charge in [-0.3, -0.25) is 0 Å². The van der Waals surface area contributed by atoms with Crippen LogP contribution in [0.3, 0.4) is 0 Å². The topological polar surface area (TPSA) is 175 Å². The van der Waals surface area contributed by atoms with Crippen LogP contribution in [0.15, 0.2) is 24.0 Å². The first-order valence-corrected chi connectivity index (χ1v) is 8.69. The van der Waals surface area contributed by atoms with Crippen molar-refractivity contribution < 1.29 is 54.4 Å². The maximum Gasteiger partial charge on any atom is 0.337 e. The summed E-state index contributed by atoms with van der Waals surface area (Å²) in [5.74, 6) is -2.40. The molecule has 1 saturated heterocycles. The Balaban J connectivity index is 1.85. The predicted octanol–water partition coefficient (Wildman–Crippen LogP) is -3.26. The quantitative estimate of drug-likeness (QED) is 0.200. The zero-order chi connectivity index (χ0) is 20.6. The molecule has 9 atom stereocenters. The van der Waals surface area contributed by atoms with Gasteiger partial charge in [0.15, 0.2) is 6.29 Å². The molecule has 0 radical (unpaired) electrons. The van der Waals surface area contributed by atoms with Gasteiger partial charge >= 0.3 is 5.97 Å². The molecule has 0 saturated carbocycles. The molecule has 3 rings (SSSR count). The van der Waals surface area contributed by atoms with Crippen LogP contribution in [0.4, 0.5) is 0 Å². The largest absolute Gasteiger partial charge is 0.471 e. The monoisotopic (exact) mass is 404 g/mol. The Hall–Kier alpha value is -1.57. The number of allylic oxidation sites excluding steroid dienone is 1. The first-order valence-electron chi connectivity index (χ1n) is 8.69. The Bertz CT molecular complexity index is 647. The SMILES string of the molecule is COC(=O)C1=CO[C@@H](O[C@@H]2O[C@H](CO)[C@@H](O)[C@H](O)[C@H]2O)C2[C@@H]1C=C[C@@]2(O)CO. The Morgan fingerprint density at radius 1 is 1.18 bits per heavy atom. The van der Waals surface area contributed by atoms with Gasteiger partial charge in [0.1, 0.15) is 30.0 Å². The third-order valence-corrected chi connectivity index (χ3v) is 5.33. The average molecular weight is 404 g/mol. The van der Waals surface area contributed by atoms with Crippen molar-refractivity contribution in [3.8, 4) is 0 Å². The molecule has 1 fully saturated rings. The Morgan fingerprint density at radius 3 is 2.50 bits per heavy atom. The zero-order valence-corrected chi connectivity index (χ0v) is 15.0. The average Bonchev–Trinajstić information content (AvgIpc) is 3.06. The lowest BCUT2D eigenvalue weighted by Gasteiger charge is -2.44. The van der Waals surface area contributed by atoms with Crippen molar-refractivity contribution in [2.24, 2.45) is 11.8 Å². The number of ether oxygens (including phenoxy) is 4. The number of fused-ring (bicyclic) bond motifs is 1. The standard InChI is InChI=1S/C17H24O11/c1-25-14(23)8-5-26-15(10-7(8)2-3-17(10,24)6-19)28-16-13(22)12(21)11(20)9(4-18)27-16/h2-3,5,7,9-13,15-16,18-22,24H,4,6H2,1H3/t7-,9-,10?,11-,12+,13-,15+,16+,17-/m1/s1. The van der Waals surface area contributed by atoms with Gasteiger partial charge in [-0.2, -0.15) is 0 Å². The molecule has 0 spiro atoms. The third kappa shape index (κ3) is 3.44. The molecule has 2 aliphatic heterocycles. The fraction of sp³-hybridized carbons (Fsp3) is 0.706. The summed E-state index contributed by atoms with van der Waals surface area (Å²) in [5.41, 5.74) is -1.70. The van der Waals surface area contributed by atoms with Crippen molar-refractivity contribution in [3.63, 3.8) is 0 Å². The minimum atomic E-state index is -1.79. The van der Waals surface area contributed by atoms with E-state index in [-0.39, 0.29) is 5.57 Å². The normalized spacial score (nSPS) is 45.2. The van der Waals surface area contributed by atoms with Crippen molar-refractivity contribution >= 4 is 5.97 Å². The van der Waals surface area contributed by atoms with Crippen LogP contribution in [0.2, 0.25) is 0 Å². The summed E-state index contributed by atoms with van der Waals surface area (Å²) in [6.45, 7) is -1.34. The van der Waals surface area contributed by atoms with E-state index in [4.69, 9.17) is 18.9 Å². The molecule has 1 aliphatic carbocycles. The molecule has 0 amide bonds. The Morgan fingerprint density at radius 2 is 1.89 bits per heavy atom. The fourth-order valence-corrected chi connectivity index (χ4v) is 3.71. The summed E-state index contributed by atoms with van der Waals surface area (Å²) >= 11 is 0. The molecule has 2 heterocycles. The van der Waals surface area contributed by atoms with E-state index in [0.717, 1.165) is 6.26 Å². The summed E-state index contributed by atoms with van der Waals surface area (Å²) in [4.78, 5) is 12.0. The summed E-state index contributed by atoms with van der Waals surface area (Å²) in [5, 5.41) is 59.5. The lowest BCUT2D eigenvalue weighted by molar-refractivity contribution is -0.346. The van der Waals surface area contributed by atoms with E-state index in [2.05, 4.69) is 0 Å². The molecule has 0 bridgehead atoms. The molecule has 0 aromatic carbocycles. The zero-order valence-electron chi connectivity index (χ0n) is 15.0. The van der Waals surface area contributed by atoms with Crippen molar-refractivity contribution in [1.29, 1.82) is 0 Å². The minimum absolute atomic E-state index is 0.0989. The van der Waals surface area contributed by atoms with Crippen LogP contribution in [0.25, 0.3) is 0 Å². The van der Waals surface area contributed by atoms with E-state index in [0.29, 0.717) is 0 Å². The molecule has 28 heavy (non-hydrogen) atoms. The number of carbonyl (C=O) groups excluding carboxylic acids is 1. The van der Waals surface area contributed by atoms with Crippen LogP contribution < -0.4 is 0 Å². The fourth-order valence-electron chi connectivity index (χ4n) is 3.71. The maximum absolute atomic E-state index is 12.0. The van der Waals surface area contributed by atoms with Gasteiger partial charge in [0.25, 0.3) is 0 Å². The second kappa shape index (κ2) is 8.05. The molecule has 11 nitrogen and oxygen atoms in total. The molecular weight excluding hydrogens is 380 g/mol. The number of esters is 1. The van der Waals surface area contributed by atoms with Gasteiger partial charge in [0.2, 0.25) is 6.29 Å². The number of rotatable bonds is 5. The predicted molar refractivity (Wildman–Crippen MR) is 88.0 cm³/mol. The van der Waals surface area contributed by atoms with Crippen molar-refractivity contribution in [2.45, 2.75) is 42.6 Å². The van der Waals surface area contributed by atoms with E-state index in [9.17, 15) is 35.4 Å². The molecule has 0 aromatic rings. The number of aliphatic hydroxyl groups is 6. The summed E-state index contributed by atoms with van der Waals surface area (Å²) < 4.78 is 21.0. The van der Waals surface area contributed by atoms with E-state index >= 15 is 0 Å². The van der Waals surface area contributed by atoms with Gasteiger partial charge in [-0.05, 0) is 0 Å². The lowest BCUT2D eigenvalue weighted by Crippen LogP contribution is -2.61. The van der Waals surface area contributed by atoms with Crippen LogP contribution in [0, 0.1) is 11.8 Å².